The summed E-state index contributed by atoms with van der Waals surface area (Å²) in [5, 5.41) is 12.4. The summed E-state index contributed by atoms with van der Waals surface area (Å²) < 4.78 is 2.03. The minimum absolute atomic E-state index is 0.903. The van der Waals surface area contributed by atoms with Crippen molar-refractivity contribution < 1.29 is 0 Å². The van der Waals surface area contributed by atoms with Crippen LogP contribution in [0.15, 0.2) is 6.20 Å². The van der Waals surface area contributed by atoms with Gasteiger partial charge in [0.15, 0.2) is 5.65 Å². The first-order valence-corrected chi connectivity index (χ1v) is 3.81. The van der Waals surface area contributed by atoms with Gasteiger partial charge in [-0.2, -0.15) is 0 Å². The molecule has 2 rings (SSSR count). The van der Waals surface area contributed by atoms with E-state index in [-0.39, 0.29) is 0 Å². The standard InChI is InChI=1S/C8H10N4/c1-5-6(2)12(3)8-7(5)4-9-11-10-8/h4H,1-3H3. The smallest absolute Gasteiger partial charge is 0.166 e. The summed E-state index contributed by atoms with van der Waals surface area (Å²) in [6.45, 7) is 4.14. The minimum Gasteiger partial charge on any atom is -0.331 e. The van der Waals surface area contributed by atoms with Crippen molar-refractivity contribution in [1.29, 1.82) is 0 Å². The molecule has 0 atom stereocenters. The molecule has 2 aromatic heterocycles. The molecule has 0 aliphatic carbocycles. The molecular weight excluding hydrogens is 152 g/mol. The second-order valence-corrected chi connectivity index (χ2v) is 2.94. The Morgan fingerprint density at radius 3 is 2.75 bits per heavy atom. The average Bonchev–Trinajstić information content (AvgIpc) is 2.33. The topological polar surface area (TPSA) is 43.6 Å². The van der Waals surface area contributed by atoms with Crippen LogP contribution >= 0.6 is 0 Å². The summed E-state index contributed by atoms with van der Waals surface area (Å²) in [6.07, 6.45) is 1.75. The molecule has 12 heavy (non-hydrogen) atoms. The largest absolute Gasteiger partial charge is 0.331 e. The molecule has 0 spiro atoms. The molecule has 0 fully saturated rings. The zero-order chi connectivity index (χ0) is 8.72. The van der Waals surface area contributed by atoms with Crippen molar-refractivity contribution in [3.63, 3.8) is 0 Å². The highest BCUT2D eigenvalue weighted by atomic mass is 15.3. The molecule has 0 radical (unpaired) electrons. The van der Waals surface area contributed by atoms with Crippen LogP contribution in [0.25, 0.3) is 11.0 Å². The Kier molecular flexibility index (Phi) is 1.36. The van der Waals surface area contributed by atoms with Gasteiger partial charge in [0.05, 0.1) is 6.20 Å². The maximum atomic E-state index is 3.96. The van der Waals surface area contributed by atoms with Crippen LogP contribution in [0.5, 0.6) is 0 Å². The van der Waals surface area contributed by atoms with E-state index in [2.05, 4.69) is 29.3 Å². The van der Waals surface area contributed by atoms with Gasteiger partial charge in [-0.1, -0.05) is 0 Å². The molecule has 62 valence electrons. The Balaban J connectivity index is 2.99. The number of aromatic nitrogens is 4. The molecule has 0 saturated heterocycles. The lowest BCUT2D eigenvalue weighted by molar-refractivity contribution is 0.836. The molecule has 0 aliphatic heterocycles. The summed E-state index contributed by atoms with van der Waals surface area (Å²) in [5.41, 5.74) is 3.35. The quantitative estimate of drug-likeness (QED) is 0.580. The van der Waals surface area contributed by atoms with E-state index in [1.54, 1.807) is 6.20 Å². The van der Waals surface area contributed by atoms with Gasteiger partial charge in [0.25, 0.3) is 0 Å². The number of hydrogen-bond donors (Lipinski definition) is 0. The predicted molar refractivity (Wildman–Crippen MR) is 45.8 cm³/mol. The second kappa shape index (κ2) is 2.27. The fraction of sp³-hybridized carbons (Fsp3) is 0.375. The first kappa shape index (κ1) is 7.21. The fourth-order valence-electron chi connectivity index (χ4n) is 1.38. The highest BCUT2D eigenvalue weighted by Crippen LogP contribution is 2.19. The zero-order valence-electron chi connectivity index (χ0n) is 7.37. The first-order valence-electron chi connectivity index (χ1n) is 3.81. The molecule has 0 bridgehead atoms. The van der Waals surface area contributed by atoms with Gasteiger partial charge in [-0.05, 0) is 24.6 Å². The van der Waals surface area contributed by atoms with Gasteiger partial charge in [0, 0.05) is 18.1 Å². The van der Waals surface area contributed by atoms with Crippen molar-refractivity contribution in [1.82, 2.24) is 20.0 Å². The average molecular weight is 162 g/mol. The Labute approximate surface area is 70.2 Å². The Morgan fingerprint density at radius 2 is 2.08 bits per heavy atom. The van der Waals surface area contributed by atoms with Crippen molar-refractivity contribution in [2.45, 2.75) is 13.8 Å². The molecule has 0 aliphatic rings. The minimum atomic E-state index is 0.903. The summed E-state index contributed by atoms with van der Waals surface area (Å²) >= 11 is 0. The molecule has 2 aromatic rings. The third-order valence-electron chi connectivity index (χ3n) is 2.39. The van der Waals surface area contributed by atoms with Gasteiger partial charge in [-0.15, -0.1) is 10.2 Å². The van der Waals surface area contributed by atoms with Crippen LogP contribution < -0.4 is 0 Å². The van der Waals surface area contributed by atoms with Crippen LogP contribution in [0, 0.1) is 13.8 Å². The van der Waals surface area contributed by atoms with E-state index in [0.29, 0.717) is 0 Å². The Hall–Kier alpha value is -1.45. The van der Waals surface area contributed by atoms with E-state index in [1.807, 2.05) is 11.6 Å². The van der Waals surface area contributed by atoms with Crippen LogP contribution in [-0.2, 0) is 7.05 Å². The first-order chi connectivity index (χ1) is 5.72. The van der Waals surface area contributed by atoms with E-state index in [9.17, 15) is 0 Å². The lowest BCUT2D eigenvalue weighted by Gasteiger charge is -1.94. The maximum Gasteiger partial charge on any atom is 0.166 e. The molecule has 2 heterocycles. The molecular formula is C8H10N4. The second-order valence-electron chi connectivity index (χ2n) is 2.94. The van der Waals surface area contributed by atoms with Crippen LogP contribution in [0.4, 0.5) is 0 Å². The SMILES string of the molecule is Cc1c(C)n(C)c2nnncc12. The van der Waals surface area contributed by atoms with E-state index in [0.717, 1.165) is 11.0 Å². The third-order valence-corrected chi connectivity index (χ3v) is 2.39. The van der Waals surface area contributed by atoms with Gasteiger partial charge < -0.3 is 4.57 Å². The predicted octanol–water partition coefficient (Wildman–Crippen LogP) is 0.980. The molecule has 4 heteroatoms. The lowest BCUT2D eigenvalue weighted by Crippen LogP contribution is -1.94. The van der Waals surface area contributed by atoms with Crippen LogP contribution in [0.1, 0.15) is 11.3 Å². The van der Waals surface area contributed by atoms with E-state index in [4.69, 9.17) is 0 Å². The van der Waals surface area contributed by atoms with Crippen LogP contribution in [0.3, 0.4) is 0 Å². The van der Waals surface area contributed by atoms with Gasteiger partial charge in [0.2, 0.25) is 0 Å². The Bertz CT molecular complexity index is 391. The van der Waals surface area contributed by atoms with Gasteiger partial charge >= 0.3 is 0 Å². The van der Waals surface area contributed by atoms with Gasteiger partial charge in [-0.25, -0.2) is 0 Å². The highest BCUT2D eigenvalue weighted by Gasteiger charge is 2.08. The Morgan fingerprint density at radius 1 is 1.33 bits per heavy atom. The number of rotatable bonds is 0. The summed E-state index contributed by atoms with van der Waals surface area (Å²) in [4.78, 5) is 0. The molecule has 0 N–H and O–H groups in total. The van der Waals surface area contributed by atoms with Gasteiger partial charge in [0.1, 0.15) is 0 Å². The highest BCUT2D eigenvalue weighted by molar-refractivity contribution is 5.80. The normalized spacial score (nSPS) is 10.9. The van der Waals surface area contributed by atoms with Crippen molar-refractivity contribution in [2.75, 3.05) is 0 Å². The van der Waals surface area contributed by atoms with Crippen molar-refractivity contribution in [3.05, 3.63) is 17.5 Å². The summed E-state index contributed by atoms with van der Waals surface area (Å²) in [6, 6.07) is 0. The van der Waals surface area contributed by atoms with Crippen molar-refractivity contribution >= 4 is 11.0 Å². The number of fused-ring (bicyclic) bond motifs is 1. The fourth-order valence-corrected chi connectivity index (χ4v) is 1.38. The molecule has 0 unspecified atom stereocenters. The summed E-state index contributed by atoms with van der Waals surface area (Å²) in [5.74, 6) is 0. The number of nitrogens with zero attached hydrogens (tertiary/aromatic N) is 4. The zero-order valence-corrected chi connectivity index (χ0v) is 7.37. The molecule has 0 aromatic carbocycles. The number of hydrogen-bond acceptors (Lipinski definition) is 3. The summed E-state index contributed by atoms with van der Waals surface area (Å²) in [7, 11) is 1.99. The van der Waals surface area contributed by atoms with Crippen LogP contribution in [-0.4, -0.2) is 20.0 Å². The molecule has 0 saturated carbocycles. The lowest BCUT2D eigenvalue weighted by atomic mass is 10.2. The van der Waals surface area contributed by atoms with Crippen molar-refractivity contribution in [3.8, 4) is 0 Å². The van der Waals surface area contributed by atoms with E-state index in [1.165, 1.54) is 11.3 Å². The van der Waals surface area contributed by atoms with E-state index < -0.39 is 0 Å². The van der Waals surface area contributed by atoms with Crippen LogP contribution in [0.2, 0.25) is 0 Å². The monoisotopic (exact) mass is 162 g/mol. The maximum absolute atomic E-state index is 3.96. The molecule has 0 amide bonds. The molecule has 4 nitrogen and oxygen atoms in total. The number of aryl methyl sites for hydroxylation is 2. The van der Waals surface area contributed by atoms with Gasteiger partial charge in [-0.3, -0.25) is 0 Å². The van der Waals surface area contributed by atoms with Crippen molar-refractivity contribution in [2.24, 2.45) is 7.05 Å². The van der Waals surface area contributed by atoms with E-state index >= 15 is 0 Å². The third kappa shape index (κ3) is 0.747.